The lowest BCUT2D eigenvalue weighted by Crippen LogP contribution is -2.34. The third-order valence-electron chi connectivity index (χ3n) is 5.29. The number of hydrogen-bond donors (Lipinski definition) is 1. The van der Waals surface area contributed by atoms with Crippen LogP contribution in [0.1, 0.15) is 13.3 Å². The highest BCUT2D eigenvalue weighted by Gasteiger charge is 2.33. The predicted molar refractivity (Wildman–Crippen MR) is 131 cm³/mol. The summed E-state index contributed by atoms with van der Waals surface area (Å²) in [7, 11) is -1.45. The summed E-state index contributed by atoms with van der Waals surface area (Å²) in [6.07, 6.45) is -0.161. The maximum atomic E-state index is 12.9. The second-order valence-corrected chi connectivity index (χ2v) is 14.7. The number of carbonyl (C=O) groups is 2. The van der Waals surface area contributed by atoms with Crippen LogP contribution in [0.15, 0.2) is 51.9 Å². The van der Waals surface area contributed by atoms with Crippen LogP contribution in [0.3, 0.4) is 0 Å². The number of anilines is 1. The molecule has 12 nitrogen and oxygen atoms in total. The van der Waals surface area contributed by atoms with Crippen molar-refractivity contribution in [2.24, 2.45) is 5.11 Å². The molecule has 13 heteroatoms. The zero-order valence-corrected chi connectivity index (χ0v) is 21.2. The minimum Gasteiger partial charge on any atom is -0.478 e. The average molecular weight is 504 g/mol. The van der Waals surface area contributed by atoms with Gasteiger partial charge in [-0.05, 0) is 30.6 Å². The quantitative estimate of drug-likeness (QED) is 0.0629. The van der Waals surface area contributed by atoms with Crippen LogP contribution in [0.2, 0.25) is 25.7 Å². The number of esters is 1. The van der Waals surface area contributed by atoms with Crippen molar-refractivity contribution >= 4 is 31.4 Å². The van der Waals surface area contributed by atoms with E-state index in [4.69, 9.17) is 15.0 Å². The fourth-order valence-corrected chi connectivity index (χ4v) is 4.09. The van der Waals surface area contributed by atoms with Crippen molar-refractivity contribution in [1.29, 1.82) is 0 Å². The predicted octanol–water partition coefficient (Wildman–Crippen LogP) is 4.63. The number of nitrogens with zero attached hydrogens (tertiary/aromatic N) is 5. The smallest absolute Gasteiger partial charge is 0.336 e. The molecule has 0 radical (unpaired) electrons. The van der Waals surface area contributed by atoms with Crippen molar-refractivity contribution in [2.45, 2.75) is 39.0 Å². The number of allylic oxidation sites excluding steroid dienone is 1. The van der Waals surface area contributed by atoms with Crippen LogP contribution in [-0.4, -0.2) is 56.4 Å². The number of ether oxygens (including phenoxy) is 2. The van der Waals surface area contributed by atoms with E-state index in [1.165, 1.54) is 24.3 Å². The summed E-state index contributed by atoms with van der Waals surface area (Å²) in [5.74, 6) is -1.83. The highest BCUT2D eigenvalue weighted by Crippen LogP contribution is 2.36. The van der Waals surface area contributed by atoms with Gasteiger partial charge in [-0.3, -0.25) is 10.1 Å². The number of nitro groups is 1. The van der Waals surface area contributed by atoms with Crippen LogP contribution >= 0.6 is 0 Å². The van der Waals surface area contributed by atoms with Gasteiger partial charge in [0, 0.05) is 49.5 Å². The molecule has 1 aliphatic rings. The van der Waals surface area contributed by atoms with E-state index in [1.807, 2.05) is 0 Å². The SMILES string of the molecule is CC1=C(C(=O)OCC[Si](C)(C)C)CC(C(=O)O)=C(COCCN=[N+]=[N-])N1c1ccc([N+](=O)[O-])cc1. The van der Waals surface area contributed by atoms with Gasteiger partial charge in [-0.25, -0.2) is 9.59 Å². The Morgan fingerprint density at radius 3 is 2.43 bits per heavy atom. The van der Waals surface area contributed by atoms with Crippen molar-refractivity contribution in [3.8, 4) is 0 Å². The number of aliphatic carboxylic acids is 1. The van der Waals surface area contributed by atoms with Crippen LogP contribution in [0.5, 0.6) is 0 Å². The highest BCUT2D eigenvalue weighted by molar-refractivity contribution is 6.76. The van der Waals surface area contributed by atoms with E-state index in [0.29, 0.717) is 11.4 Å². The monoisotopic (exact) mass is 503 g/mol. The summed E-state index contributed by atoms with van der Waals surface area (Å²) >= 11 is 0. The third kappa shape index (κ3) is 7.67. The Hall–Kier alpha value is -3.67. The van der Waals surface area contributed by atoms with Gasteiger partial charge in [-0.1, -0.05) is 24.8 Å². The Balaban J connectivity index is 2.46. The zero-order chi connectivity index (χ0) is 26.2. The van der Waals surface area contributed by atoms with Gasteiger partial charge in [0.1, 0.15) is 0 Å². The molecule has 0 amide bonds. The fourth-order valence-electron chi connectivity index (χ4n) is 3.38. The number of rotatable bonds is 12. The summed E-state index contributed by atoms with van der Waals surface area (Å²) in [5.41, 5.74) is 9.54. The van der Waals surface area contributed by atoms with Gasteiger partial charge in [0.05, 0.1) is 41.6 Å². The molecule has 0 spiro atoms. The van der Waals surface area contributed by atoms with Crippen molar-refractivity contribution in [1.82, 2.24) is 0 Å². The molecular formula is C22H29N5O7Si. The van der Waals surface area contributed by atoms with Crippen molar-refractivity contribution in [3.63, 3.8) is 0 Å². The molecule has 1 aliphatic heterocycles. The molecular weight excluding hydrogens is 474 g/mol. The Morgan fingerprint density at radius 1 is 1.23 bits per heavy atom. The van der Waals surface area contributed by atoms with E-state index in [1.54, 1.807) is 11.8 Å². The molecule has 0 bridgehead atoms. The lowest BCUT2D eigenvalue weighted by atomic mass is 9.95. The first kappa shape index (κ1) is 27.6. The maximum Gasteiger partial charge on any atom is 0.336 e. The molecule has 188 valence electrons. The van der Waals surface area contributed by atoms with Crippen LogP contribution in [0, 0.1) is 10.1 Å². The maximum absolute atomic E-state index is 12.9. The number of carboxylic acid groups (broad SMARTS) is 1. The van der Waals surface area contributed by atoms with E-state index < -0.39 is 24.9 Å². The molecule has 1 N–H and O–H groups in total. The summed E-state index contributed by atoms with van der Waals surface area (Å²) < 4.78 is 11.0. The number of carbonyl (C=O) groups excluding carboxylic acids is 1. The third-order valence-corrected chi connectivity index (χ3v) is 6.99. The minimum atomic E-state index is -1.45. The van der Waals surface area contributed by atoms with E-state index in [9.17, 15) is 24.8 Å². The summed E-state index contributed by atoms with van der Waals surface area (Å²) in [4.78, 5) is 39.9. The molecule has 0 atom stereocenters. The first-order chi connectivity index (χ1) is 16.5. The largest absolute Gasteiger partial charge is 0.478 e. The van der Waals surface area contributed by atoms with Gasteiger partial charge in [0.2, 0.25) is 0 Å². The molecule has 1 aromatic rings. The molecule has 0 unspecified atom stereocenters. The molecule has 0 saturated carbocycles. The van der Waals surface area contributed by atoms with E-state index in [0.717, 1.165) is 6.04 Å². The Morgan fingerprint density at radius 2 is 1.89 bits per heavy atom. The van der Waals surface area contributed by atoms with Gasteiger partial charge < -0.3 is 19.5 Å². The minimum absolute atomic E-state index is 0.0584. The molecule has 0 aromatic heterocycles. The molecule has 0 fully saturated rings. The van der Waals surface area contributed by atoms with Crippen molar-refractivity contribution < 1.29 is 29.1 Å². The fraction of sp³-hybridized carbons (Fsp3) is 0.455. The van der Waals surface area contributed by atoms with E-state index >= 15 is 0 Å². The van der Waals surface area contributed by atoms with Crippen LogP contribution < -0.4 is 4.90 Å². The van der Waals surface area contributed by atoms with Gasteiger partial charge in [0.15, 0.2) is 0 Å². The second kappa shape index (κ2) is 12.2. The van der Waals surface area contributed by atoms with Gasteiger partial charge >= 0.3 is 11.9 Å². The normalized spacial score (nSPS) is 14.0. The zero-order valence-electron chi connectivity index (χ0n) is 20.2. The lowest BCUT2D eigenvalue weighted by molar-refractivity contribution is -0.384. The summed E-state index contributed by atoms with van der Waals surface area (Å²) in [6, 6.07) is 6.30. The average Bonchev–Trinajstić information content (AvgIpc) is 2.78. The van der Waals surface area contributed by atoms with Crippen LogP contribution in [0.25, 0.3) is 10.4 Å². The van der Waals surface area contributed by atoms with E-state index in [-0.39, 0.29) is 55.3 Å². The summed E-state index contributed by atoms with van der Waals surface area (Å²) in [5, 5.41) is 24.4. The molecule has 0 saturated heterocycles. The molecule has 35 heavy (non-hydrogen) atoms. The number of azide groups is 1. The Bertz CT molecular complexity index is 1090. The first-order valence-electron chi connectivity index (χ1n) is 10.9. The molecule has 2 rings (SSSR count). The Labute approximate surface area is 203 Å². The van der Waals surface area contributed by atoms with Gasteiger partial charge in [-0.2, -0.15) is 0 Å². The van der Waals surface area contributed by atoms with E-state index in [2.05, 4.69) is 29.7 Å². The van der Waals surface area contributed by atoms with Gasteiger partial charge in [-0.15, -0.1) is 0 Å². The molecule has 1 heterocycles. The van der Waals surface area contributed by atoms with Gasteiger partial charge in [0.25, 0.3) is 5.69 Å². The number of nitro benzene ring substituents is 1. The lowest BCUT2D eigenvalue weighted by Gasteiger charge is -2.34. The van der Waals surface area contributed by atoms with Crippen molar-refractivity contribution in [2.75, 3.05) is 31.3 Å². The Kier molecular flexibility index (Phi) is 9.57. The number of benzene rings is 1. The first-order valence-corrected chi connectivity index (χ1v) is 14.6. The number of non-ortho nitro benzene ring substituents is 1. The number of carboxylic acids is 1. The van der Waals surface area contributed by atoms with Crippen LogP contribution in [-0.2, 0) is 19.1 Å². The van der Waals surface area contributed by atoms with Crippen LogP contribution in [0.4, 0.5) is 11.4 Å². The number of hydrogen-bond acceptors (Lipinski definition) is 8. The van der Waals surface area contributed by atoms with Crippen molar-refractivity contribution in [3.05, 3.63) is 67.4 Å². The standard InChI is InChI=1S/C22H29N5O7Si/c1-15-18(22(30)34-11-12-35(2,3)4)13-19(21(28)29)20(14-33-10-9-24-25-23)26(15)16-5-7-17(8-6-16)27(31)32/h5-8H,9-14H2,1-4H3,(H,28,29). The highest BCUT2D eigenvalue weighted by atomic mass is 28.3. The summed E-state index contributed by atoms with van der Waals surface area (Å²) in [6.45, 7) is 8.34. The molecule has 1 aromatic carbocycles. The second-order valence-electron chi connectivity index (χ2n) is 9.03. The molecule has 0 aliphatic carbocycles. The topological polar surface area (TPSA) is 168 Å².